The second-order valence-electron chi connectivity index (χ2n) is 5.06. The monoisotopic (exact) mass is 278 g/mol. The van der Waals surface area contributed by atoms with E-state index in [1.165, 1.54) is 12.8 Å². The molecular formula is C14H26N6. The van der Waals surface area contributed by atoms with Crippen LogP contribution in [0.1, 0.15) is 40.0 Å². The molecule has 1 aliphatic heterocycles. The smallest absolute Gasteiger partial charge is 0.231 e. The number of anilines is 3. The van der Waals surface area contributed by atoms with Gasteiger partial charge < -0.3 is 15.1 Å². The average molecular weight is 278 g/mol. The molecule has 0 aromatic carbocycles. The van der Waals surface area contributed by atoms with Gasteiger partial charge in [-0.15, -0.1) is 0 Å². The molecule has 0 bridgehead atoms. The van der Waals surface area contributed by atoms with E-state index >= 15 is 0 Å². The third-order valence-electron chi connectivity index (χ3n) is 3.49. The summed E-state index contributed by atoms with van der Waals surface area (Å²) in [6.45, 7) is 11.2. The highest BCUT2D eigenvalue weighted by atomic mass is 15.4. The topological polar surface area (TPSA) is 57.2 Å². The molecule has 20 heavy (non-hydrogen) atoms. The number of nitrogens with one attached hydrogen (secondary N) is 1. The molecule has 112 valence electrons. The van der Waals surface area contributed by atoms with Crippen molar-refractivity contribution in [2.24, 2.45) is 0 Å². The summed E-state index contributed by atoms with van der Waals surface area (Å²) in [4.78, 5) is 18.2. The Hall–Kier alpha value is -1.59. The van der Waals surface area contributed by atoms with Crippen LogP contribution in [0.4, 0.5) is 17.8 Å². The third-order valence-corrected chi connectivity index (χ3v) is 3.49. The van der Waals surface area contributed by atoms with E-state index in [1.807, 2.05) is 0 Å². The predicted octanol–water partition coefficient (Wildman–Crippen LogP) is 2.14. The van der Waals surface area contributed by atoms with Crippen LogP contribution in [0.25, 0.3) is 0 Å². The van der Waals surface area contributed by atoms with Gasteiger partial charge in [0.25, 0.3) is 0 Å². The summed E-state index contributed by atoms with van der Waals surface area (Å²) in [5.74, 6) is 2.30. The van der Waals surface area contributed by atoms with Crippen molar-refractivity contribution in [3.05, 3.63) is 0 Å². The van der Waals surface area contributed by atoms with Gasteiger partial charge in [0, 0.05) is 32.7 Å². The standard InChI is InChI=1S/C14H26N6/c1-4-9-19(6-3)13-16-12(15-5-2)17-14(18-13)20-10-7-8-11-20/h4-11H2,1-3H3,(H,15,16,17,18). The molecule has 0 atom stereocenters. The molecule has 0 radical (unpaired) electrons. The highest BCUT2D eigenvalue weighted by molar-refractivity contribution is 5.45. The Labute approximate surface area is 121 Å². The van der Waals surface area contributed by atoms with Crippen molar-refractivity contribution in [3.8, 4) is 0 Å². The van der Waals surface area contributed by atoms with Crippen LogP contribution in [0, 0.1) is 0 Å². The fraction of sp³-hybridized carbons (Fsp3) is 0.786. The molecule has 1 aliphatic rings. The predicted molar refractivity (Wildman–Crippen MR) is 83.6 cm³/mol. The first-order valence-electron chi connectivity index (χ1n) is 7.78. The first-order chi connectivity index (χ1) is 9.78. The van der Waals surface area contributed by atoms with E-state index in [1.54, 1.807) is 0 Å². The van der Waals surface area contributed by atoms with Crippen LogP contribution in [0.3, 0.4) is 0 Å². The zero-order valence-electron chi connectivity index (χ0n) is 12.9. The Balaban J connectivity index is 2.28. The van der Waals surface area contributed by atoms with Crippen molar-refractivity contribution in [1.82, 2.24) is 15.0 Å². The maximum Gasteiger partial charge on any atom is 0.231 e. The first kappa shape index (κ1) is 14.8. The average Bonchev–Trinajstić information content (AvgIpc) is 2.99. The molecule has 2 heterocycles. The SMILES string of the molecule is CCCN(CC)c1nc(NCC)nc(N2CCCC2)n1. The molecule has 2 rings (SSSR count). The number of hydrogen-bond donors (Lipinski definition) is 1. The summed E-state index contributed by atoms with van der Waals surface area (Å²) >= 11 is 0. The Bertz CT molecular complexity index is 416. The fourth-order valence-corrected chi connectivity index (χ4v) is 2.46. The minimum absolute atomic E-state index is 0.689. The molecule has 0 amide bonds. The van der Waals surface area contributed by atoms with Crippen molar-refractivity contribution in [3.63, 3.8) is 0 Å². The lowest BCUT2D eigenvalue weighted by Crippen LogP contribution is -2.28. The lowest BCUT2D eigenvalue weighted by Gasteiger charge is -2.23. The zero-order chi connectivity index (χ0) is 14.4. The molecule has 0 aliphatic carbocycles. The van der Waals surface area contributed by atoms with Crippen molar-refractivity contribution in [2.75, 3.05) is 47.8 Å². The van der Waals surface area contributed by atoms with Crippen LogP contribution in [0.2, 0.25) is 0 Å². The molecular weight excluding hydrogens is 252 g/mol. The van der Waals surface area contributed by atoms with Crippen molar-refractivity contribution >= 4 is 17.8 Å². The first-order valence-corrected chi connectivity index (χ1v) is 7.78. The van der Waals surface area contributed by atoms with E-state index < -0.39 is 0 Å². The van der Waals surface area contributed by atoms with Gasteiger partial charge in [-0.05, 0) is 33.1 Å². The van der Waals surface area contributed by atoms with Gasteiger partial charge in [-0.25, -0.2) is 0 Å². The van der Waals surface area contributed by atoms with Crippen LogP contribution in [-0.4, -0.2) is 47.7 Å². The van der Waals surface area contributed by atoms with E-state index in [4.69, 9.17) is 0 Å². The Morgan fingerprint density at radius 2 is 1.85 bits per heavy atom. The van der Waals surface area contributed by atoms with Crippen LogP contribution in [-0.2, 0) is 0 Å². The van der Waals surface area contributed by atoms with Gasteiger partial charge in [0.2, 0.25) is 17.8 Å². The third kappa shape index (κ3) is 3.49. The van der Waals surface area contributed by atoms with Crippen LogP contribution >= 0.6 is 0 Å². The normalized spacial score (nSPS) is 14.7. The highest BCUT2D eigenvalue weighted by Crippen LogP contribution is 2.20. The van der Waals surface area contributed by atoms with Gasteiger partial charge >= 0.3 is 0 Å². The van der Waals surface area contributed by atoms with E-state index in [-0.39, 0.29) is 0 Å². The summed E-state index contributed by atoms with van der Waals surface area (Å²) < 4.78 is 0. The second kappa shape index (κ2) is 7.26. The molecule has 0 saturated carbocycles. The van der Waals surface area contributed by atoms with Gasteiger partial charge in [0.1, 0.15) is 0 Å². The number of nitrogens with zero attached hydrogens (tertiary/aromatic N) is 5. The number of aromatic nitrogens is 3. The van der Waals surface area contributed by atoms with Crippen LogP contribution in [0.5, 0.6) is 0 Å². The molecule has 1 aromatic heterocycles. The largest absolute Gasteiger partial charge is 0.354 e. The minimum Gasteiger partial charge on any atom is -0.354 e. The molecule has 0 spiro atoms. The summed E-state index contributed by atoms with van der Waals surface area (Å²) in [6.07, 6.45) is 3.54. The van der Waals surface area contributed by atoms with Crippen molar-refractivity contribution in [2.45, 2.75) is 40.0 Å². The molecule has 1 saturated heterocycles. The van der Waals surface area contributed by atoms with E-state index in [0.717, 1.165) is 51.0 Å². The maximum absolute atomic E-state index is 4.68. The molecule has 0 unspecified atom stereocenters. The minimum atomic E-state index is 0.689. The fourth-order valence-electron chi connectivity index (χ4n) is 2.46. The van der Waals surface area contributed by atoms with Crippen LogP contribution in [0.15, 0.2) is 0 Å². The summed E-state index contributed by atoms with van der Waals surface area (Å²) in [5, 5.41) is 3.22. The highest BCUT2D eigenvalue weighted by Gasteiger charge is 2.18. The molecule has 6 nitrogen and oxygen atoms in total. The Kier molecular flexibility index (Phi) is 5.38. The lowest BCUT2D eigenvalue weighted by molar-refractivity contribution is 0.751. The Morgan fingerprint density at radius 1 is 1.10 bits per heavy atom. The van der Waals surface area contributed by atoms with E-state index in [9.17, 15) is 0 Å². The summed E-state index contributed by atoms with van der Waals surface area (Å²) in [7, 11) is 0. The lowest BCUT2D eigenvalue weighted by atomic mass is 10.4. The van der Waals surface area contributed by atoms with Gasteiger partial charge in [-0.2, -0.15) is 15.0 Å². The molecule has 1 N–H and O–H groups in total. The van der Waals surface area contributed by atoms with Gasteiger partial charge in [0.15, 0.2) is 0 Å². The van der Waals surface area contributed by atoms with Gasteiger partial charge in [-0.1, -0.05) is 6.92 Å². The van der Waals surface area contributed by atoms with E-state index in [2.05, 4.69) is 50.8 Å². The number of hydrogen-bond acceptors (Lipinski definition) is 6. The van der Waals surface area contributed by atoms with Crippen LogP contribution < -0.4 is 15.1 Å². The van der Waals surface area contributed by atoms with E-state index in [0.29, 0.717) is 5.95 Å². The summed E-state index contributed by atoms with van der Waals surface area (Å²) in [5.41, 5.74) is 0. The van der Waals surface area contributed by atoms with Crippen molar-refractivity contribution in [1.29, 1.82) is 0 Å². The van der Waals surface area contributed by atoms with Gasteiger partial charge in [0.05, 0.1) is 0 Å². The quantitative estimate of drug-likeness (QED) is 0.824. The molecule has 1 aromatic rings. The Morgan fingerprint density at radius 3 is 2.45 bits per heavy atom. The summed E-state index contributed by atoms with van der Waals surface area (Å²) in [6, 6.07) is 0. The van der Waals surface area contributed by atoms with Crippen molar-refractivity contribution < 1.29 is 0 Å². The molecule has 1 fully saturated rings. The number of rotatable bonds is 7. The maximum atomic E-state index is 4.68. The van der Waals surface area contributed by atoms with Gasteiger partial charge in [-0.3, -0.25) is 0 Å². The zero-order valence-corrected chi connectivity index (χ0v) is 12.9. The second-order valence-corrected chi connectivity index (χ2v) is 5.06. The molecule has 6 heteroatoms.